The highest BCUT2D eigenvalue weighted by Crippen LogP contribution is 2.11. The number of aliphatic carboxylic acids is 2. The van der Waals surface area contributed by atoms with Crippen LogP contribution in [0.1, 0.15) is 12.1 Å². The van der Waals surface area contributed by atoms with E-state index in [4.69, 9.17) is 10.2 Å². The van der Waals surface area contributed by atoms with Crippen molar-refractivity contribution in [1.82, 2.24) is 14.7 Å². The van der Waals surface area contributed by atoms with Crippen molar-refractivity contribution in [1.29, 1.82) is 0 Å². The Morgan fingerprint density at radius 2 is 2.15 bits per heavy atom. The van der Waals surface area contributed by atoms with E-state index in [0.717, 1.165) is 4.96 Å². The van der Waals surface area contributed by atoms with Gasteiger partial charge in [0, 0.05) is 17.8 Å². The van der Waals surface area contributed by atoms with Crippen molar-refractivity contribution in [3.63, 3.8) is 0 Å². The molecule has 0 aliphatic carbocycles. The number of rotatable bonds is 6. The third-order valence-electron chi connectivity index (χ3n) is 2.50. The summed E-state index contributed by atoms with van der Waals surface area (Å²) in [4.78, 5) is 37.9. The number of nitrogens with zero attached hydrogens (tertiary/aromatic N) is 2. The van der Waals surface area contributed by atoms with E-state index in [1.165, 1.54) is 11.3 Å². The third-order valence-corrected chi connectivity index (χ3v) is 3.27. The summed E-state index contributed by atoms with van der Waals surface area (Å²) >= 11 is 1.41. The average Bonchev–Trinajstić information content (AvgIpc) is 2.87. The van der Waals surface area contributed by atoms with Crippen LogP contribution in [0.2, 0.25) is 0 Å². The van der Waals surface area contributed by atoms with Crippen LogP contribution in [0.25, 0.3) is 4.96 Å². The minimum Gasteiger partial charge on any atom is -0.481 e. The molecule has 0 aliphatic rings. The van der Waals surface area contributed by atoms with Gasteiger partial charge >= 0.3 is 11.9 Å². The lowest BCUT2D eigenvalue weighted by molar-refractivity contribution is -0.147. The van der Waals surface area contributed by atoms with E-state index in [-0.39, 0.29) is 6.42 Å². The van der Waals surface area contributed by atoms with Crippen LogP contribution < -0.4 is 5.32 Å². The zero-order valence-electron chi connectivity index (χ0n) is 10.1. The van der Waals surface area contributed by atoms with Gasteiger partial charge in [-0.1, -0.05) is 0 Å². The quantitative estimate of drug-likeness (QED) is 0.689. The molecule has 2 heterocycles. The van der Waals surface area contributed by atoms with Gasteiger partial charge in [-0.2, -0.15) is 0 Å². The smallest absolute Gasteiger partial charge is 0.326 e. The maximum atomic E-state index is 11.7. The molecule has 0 aromatic carbocycles. The lowest BCUT2D eigenvalue weighted by Crippen LogP contribution is -2.42. The van der Waals surface area contributed by atoms with E-state index in [0.29, 0.717) is 5.69 Å². The van der Waals surface area contributed by atoms with Crippen molar-refractivity contribution in [2.45, 2.75) is 18.9 Å². The molecule has 2 rings (SSSR count). The van der Waals surface area contributed by atoms with Gasteiger partial charge in [-0.25, -0.2) is 9.78 Å². The maximum Gasteiger partial charge on any atom is 0.326 e. The second-order valence-electron chi connectivity index (χ2n) is 4.06. The van der Waals surface area contributed by atoms with Crippen LogP contribution in [0.4, 0.5) is 0 Å². The number of nitrogens with one attached hydrogen (secondary N) is 1. The van der Waals surface area contributed by atoms with Gasteiger partial charge in [-0.05, 0) is 0 Å². The fourth-order valence-electron chi connectivity index (χ4n) is 1.65. The van der Waals surface area contributed by atoms with Gasteiger partial charge in [0.2, 0.25) is 5.91 Å². The molecule has 8 nitrogen and oxygen atoms in total. The number of fused-ring (bicyclic) bond motifs is 1. The summed E-state index contributed by atoms with van der Waals surface area (Å²) in [5.41, 5.74) is 0.494. The van der Waals surface area contributed by atoms with Gasteiger partial charge in [-0.15, -0.1) is 11.3 Å². The number of hydrogen-bond donors (Lipinski definition) is 3. The summed E-state index contributed by atoms with van der Waals surface area (Å²) in [6.07, 6.45) is 2.69. The van der Waals surface area contributed by atoms with Crippen LogP contribution in [-0.2, 0) is 20.8 Å². The second-order valence-corrected chi connectivity index (χ2v) is 4.93. The fourth-order valence-corrected chi connectivity index (χ4v) is 2.36. The van der Waals surface area contributed by atoms with Gasteiger partial charge in [-0.3, -0.25) is 14.0 Å². The molecule has 0 radical (unpaired) electrons. The molecule has 1 atom stereocenters. The monoisotopic (exact) mass is 297 g/mol. The minimum absolute atomic E-state index is 0.0994. The molecule has 9 heteroatoms. The number of carboxylic acids is 2. The molecular weight excluding hydrogens is 286 g/mol. The number of thiazole rings is 1. The number of imidazole rings is 1. The Labute approximate surface area is 116 Å². The molecule has 0 saturated carbocycles. The highest BCUT2D eigenvalue weighted by Gasteiger charge is 2.23. The molecule has 0 spiro atoms. The fraction of sp³-hybridized carbons (Fsp3) is 0.273. The van der Waals surface area contributed by atoms with E-state index in [1.807, 2.05) is 5.38 Å². The van der Waals surface area contributed by atoms with Crippen LogP contribution in [0.3, 0.4) is 0 Å². The molecule has 20 heavy (non-hydrogen) atoms. The summed E-state index contributed by atoms with van der Waals surface area (Å²) in [6, 6.07) is -1.44. The molecule has 106 valence electrons. The van der Waals surface area contributed by atoms with E-state index in [9.17, 15) is 14.4 Å². The zero-order chi connectivity index (χ0) is 14.7. The second kappa shape index (κ2) is 5.70. The maximum absolute atomic E-state index is 11.7. The first-order valence-corrected chi connectivity index (χ1v) is 6.48. The minimum atomic E-state index is -1.44. The Morgan fingerprint density at radius 1 is 1.40 bits per heavy atom. The number of aromatic nitrogens is 2. The Bertz CT molecular complexity index is 633. The zero-order valence-corrected chi connectivity index (χ0v) is 11.0. The van der Waals surface area contributed by atoms with Crippen molar-refractivity contribution in [2.75, 3.05) is 0 Å². The third kappa shape index (κ3) is 3.32. The highest BCUT2D eigenvalue weighted by molar-refractivity contribution is 7.15. The average molecular weight is 297 g/mol. The first-order chi connectivity index (χ1) is 9.45. The molecule has 2 aromatic heterocycles. The van der Waals surface area contributed by atoms with Crippen LogP contribution in [0.15, 0.2) is 17.8 Å². The molecule has 0 unspecified atom stereocenters. The van der Waals surface area contributed by atoms with Crippen molar-refractivity contribution in [3.05, 3.63) is 23.5 Å². The molecular formula is C11H11N3O5S. The molecule has 2 aromatic rings. The van der Waals surface area contributed by atoms with Crippen molar-refractivity contribution < 1.29 is 24.6 Å². The summed E-state index contributed by atoms with van der Waals surface area (Å²) in [6.45, 7) is 0. The van der Waals surface area contributed by atoms with E-state index < -0.39 is 30.3 Å². The molecule has 0 aliphatic heterocycles. The Balaban J connectivity index is 1.98. The number of carbonyl (C=O) groups excluding carboxylic acids is 1. The number of amides is 1. The van der Waals surface area contributed by atoms with Crippen molar-refractivity contribution in [3.8, 4) is 0 Å². The highest BCUT2D eigenvalue weighted by atomic mass is 32.1. The first kappa shape index (κ1) is 14.0. The van der Waals surface area contributed by atoms with Gasteiger partial charge in [0.1, 0.15) is 6.04 Å². The summed E-state index contributed by atoms with van der Waals surface area (Å²) in [7, 11) is 0. The number of carbonyl (C=O) groups is 3. The summed E-state index contributed by atoms with van der Waals surface area (Å²) in [5.74, 6) is -3.25. The molecule has 0 fully saturated rings. The number of hydrogen-bond acceptors (Lipinski definition) is 5. The lowest BCUT2D eigenvalue weighted by atomic mass is 10.2. The summed E-state index contributed by atoms with van der Waals surface area (Å²) < 4.78 is 1.75. The number of carboxylic acid groups (broad SMARTS) is 2. The van der Waals surface area contributed by atoms with E-state index in [1.54, 1.807) is 16.8 Å². The van der Waals surface area contributed by atoms with Gasteiger partial charge < -0.3 is 15.5 Å². The van der Waals surface area contributed by atoms with Gasteiger partial charge in [0.25, 0.3) is 0 Å². The predicted octanol–water partition coefficient (Wildman–Crippen LogP) is -0.0176. The molecule has 3 N–H and O–H groups in total. The molecule has 1 amide bonds. The lowest BCUT2D eigenvalue weighted by Gasteiger charge is -2.11. The summed E-state index contributed by atoms with van der Waals surface area (Å²) in [5, 5.41) is 21.4. The van der Waals surface area contributed by atoms with Crippen LogP contribution in [0.5, 0.6) is 0 Å². The predicted molar refractivity (Wildman–Crippen MR) is 68.6 cm³/mol. The molecule has 0 bridgehead atoms. The van der Waals surface area contributed by atoms with Crippen molar-refractivity contribution in [2.24, 2.45) is 0 Å². The van der Waals surface area contributed by atoms with Crippen molar-refractivity contribution >= 4 is 34.1 Å². The van der Waals surface area contributed by atoms with Gasteiger partial charge in [0.05, 0.1) is 18.5 Å². The van der Waals surface area contributed by atoms with Crippen LogP contribution in [-0.4, -0.2) is 43.5 Å². The topological polar surface area (TPSA) is 121 Å². The van der Waals surface area contributed by atoms with Gasteiger partial charge in [0.15, 0.2) is 4.96 Å². The van der Waals surface area contributed by atoms with E-state index in [2.05, 4.69) is 10.3 Å². The van der Waals surface area contributed by atoms with E-state index >= 15 is 0 Å². The standard InChI is InChI=1S/C11H11N3O5S/c15-8(13-7(10(18)19)4-9(16)17)3-6-5-14-1-2-20-11(14)12-6/h1-2,5,7H,3-4H2,(H,13,15)(H,16,17)(H,18,19)/t7-/m0/s1. The first-order valence-electron chi connectivity index (χ1n) is 5.60. The largest absolute Gasteiger partial charge is 0.481 e. The Hall–Kier alpha value is -2.42. The molecule has 0 saturated heterocycles. The van der Waals surface area contributed by atoms with Crippen LogP contribution >= 0.6 is 11.3 Å². The Kier molecular flexibility index (Phi) is 3.99. The normalized spacial score (nSPS) is 12.2. The Morgan fingerprint density at radius 3 is 2.75 bits per heavy atom. The van der Waals surface area contributed by atoms with Crippen LogP contribution in [0, 0.1) is 0 Å². The SMILES string of the molecule is O=C(O)C[C@H](NC(=O)Cc1cn2ccsc2n1)C(=O)O.